The van der Waals surface area contributed by atoms with Crippen LogP contribution in [0.25, 0.3) is 16.8 Å². The van der Waals surface area contributed by atoms with Crippen molar-refractivity contribution in [1.29, 1.82) is 0 Å². The van der Waals surface area contributed by atoms with E-state index in [1.54, 1.807) is 6.08 Å². The second-order valence-corrected chi connectivity index (χ2v) is 7.56. The number of fused-ring (bicyclic) bond motifs is 1. The largest absolute Gasteiger partial charge is 0.352 e. The van der Waals surface area contributed by atoms with Gasteiger partial charge in [-0.3, -0.25) is 30.6 Å². The SMILES string of the molecule is O=C(C=Cc1cccc2ccccc12)NC(=S)NNC(=O)CCC(=O)NCc1ccccc1. The number of hydrogen-bond acceptors (Lipinski definition) is 4. The van der Waals surface area contributed by atoms with Gasteiger partial charge >= 0.3 is 0 Å². The summed E-state index contributed by atoms with van der Waals surface area (Å²) < 4.78 is 0. The van der Waals surface area contributed by atoms with E-state index in [4.69, 9.17) is 12.2 Å². The molecule has 0 radical (unpaired) electrons. The van der Waals surface area contributed by atoms with Crippen molar-refractivity contribution in [2.75, 3.05) is 0 Å². The summed E-state index contributed by atoms with van der Waals surface area (Å²) in [6.07, 6.45) is 3.08. The molecule has 0 aromatic heterocycles. The van der Waals surface area contributed by atoms with Crippen molar-refractivity contribution in [2.45, 2.75) is 19.4 Å². The van der Waals surface area contributed by atoms with Crippen LogP contribution in [0.2, 0.25) is 0 Å². The average Bonchev–Trinajstić information content (AvgIpc) is 2.84. The number of carbonyl (C=O) groups excluding carboxylic acids is 3. The lowest BCUT2D eigenvalue weighted by molar-refractivity contribution is -0.126. The van der Waals surface area contributed by atoms with E-state index >= 15 is 0 Å². The molecule has 7 nitrogen and oxygen atoms in total. The summed E-state index contributed by atoms with van der Waals surface area (Å²) in [6.45, 7) is 0.405. The zero-order valence-electron chi connectivity index (χ0n) is 17.8. The molecular formula is C25H24N4O3S. The van der Waals surface area contributed by atoms with Gasteiger partial charge in [-0.25, -0.2) is 0 Å². The predicted molar refractivity (Wildman–Crippen MR) is 133 cm³/mol. The maximum absolute atomic E-state index is 12.1. The molecule has 0 saturated carbocycles. The number of carbonyl (C=O) groups is 3. The molecule has 168 valence electrons. The normalized spacial score (nSPS) is 10.5. The molecule has 0 fully saturated rings. The maximum atomic E-state index is 12.1. The summed E-state index contributed by atoms with van der Waals surface area (Å²) in [5.41, 5.74) is 6.71. The van der Waals surface area contributed by atoms with Gasteiger partial charge in [0.15, 0.2) is 5.11 Å². The van der Waals surface area contributed by atoms with E-state index in [-0.39, 0.29) is 23.9 Å². The second-order valence-electron chi connectivity index (χ2n) is 7.16. The van der Waals surface area contributed by atoms with Crippen molar-refractivity contribution in [2.24, 2.45) is 0 Å². The van der Waals surface area contributed by atoms with Gasteiger partial charge in [-0.2, -0.15) is 0 Å². The van der Waals surface area contributed by atoms with Crippen LogP contribution < -0.4 is 21.5 Å². The van der Waals surface area contributed by atoms with E-state index in [0.29, 0.717) is 6.54 Å². The van der Waals surface area contributed by atoms with Crippen molar-refractivity contribution < 1.29 is 14.4 Å². The molecule has 3 rings (SSSR count). The smallest absolute Gasteiger partial charge is 0.250 e. The Bertz CT molecular complexity index is 1170. The minimum atomic E-state index is -0.435. The summed E-state index contributed by atoms with van der Waals surface area (Å²) in [5.74, 6) is -1.09. The number of amides is 3. The van der Waals surface area contributed by atoms with E-state index < -0.39 is 11.8 Å². The molecule has 0 bridgehead atoms. The van der Waals surface area contributed by atoms with E-state index in [9.17, 15) is 14.4 Å². The van der Waals surface area contributed by atoms with Gasteiger partial charge in [0.05, 0.1) is 0 Å². The van der Waals surface area contributed by atoms with E-state index in [0.717, 1.165) is 21.9 Å². The van der Waals surface area contributed by atoms with Crippen molar-refractivity contribution in [1.82, 2.24) is 21.5 Å². The molecule has 0 aliphatic carbocycles. The third-order valence-electron chi connectivity index (χ3n) is 4.70. The van der Waals surface area contributed by atoms with Gasteiger partial charge in [-0.1, -0.05) is 72.8 Å². The standard InChI is InChI=1S/C25H24N4O3S/c30-22(26-17-18-7-2-1-3-8-18)15-16-24(32)28-29-25(33)27-23(31)14-13-20-11-6-10-19-9-4-5-12-21(19)20/h1-14H,15-17H2,(H,26,30)(H,28,32)(H2,27,29,31,33). The fourth-order valence-electron chi connectivity index (χ4n) is 3.05. The van der Waals surface area contributed by atoms with Crippen LogP contribution in [0, 0.1) is 0 Å². The Morgan fingerprint density at radius 3 is 2.30 bits per heavy atom. The molecule has 0 atom stereocenters. The van der Waals surface area contributed by atoms with Crippen LogP contribution in [0.5, 0.6) is 0 Å². The number of hydrazine groups is 1. The third kappa shape index (κ3) is 7.86. The summed E-state index contributed by atoms with van der Waals surface area (Å²) in [4.78, 5) is 35.9. The Morgan fingerprint density at radius 2 is 1.48 bits per heavy atom. The Balaban J connectivity index is 1.36. The lowest BCUT2D eigenvalue weighted by Gasteiger charge is -2.10. The van der Waals surface area contributed by atoms with Gasteiger partial charge in [0.2, 0.25) is 17.7 Å². The predicted octanol–water partition coefficient (Wildman–Crippen LogP) is 2.97. The van der Waals surface area contributed by atoms with Crippen LogP contribution in [0.15, 0.2) is 78.9 Å². The van der Waals surface area contributed by atoms with Crippen molar-refractivity contribution in [3.05, 3.63) is 90.0 Å². The zero-order chi connectivity index (χ0) is 23.5. The monoisotopic (exact) mass is 460 g/mol. The molecule has 8 heteroatoms. The fraction of sp³-hybridized carbons (Fsp3) is 0.120. The molecule has 4 N–H and O–H groups in total. The van der Waals surface area contributed by atoms with Crippen LogP contribution in [-0.4, -0.2) is 22.8 Å². The highest BCUT2D eigenvalue weighted by atomic mass is 32.1. The highest BCUT2D eigenvalue weighted by Crippen LogP contribution is 2.19. The molecule has 3 aromatic rings. The summed E-state index contributed by atoms with van der Waals surface area (Å²) in [6, 6.07) is 23.2. The van der Waals surface area contributed by atoms with E-state index in [1.165, 1.54) is 6.08 Å². The van der Waals surface area contributed by atoms with E-state index in [2.05, 4.69) is 21.5 Å². The van der Waals surface area contributed by atoms with Crippen LogP contribution in [-0.2, 0) is 20.9 Å². The van der Waals surface area contributed by atoms with Gasteiger partial charge < -0.3 is 5.32 Å². The van der Waals surface area contributed by atoms with Gasteiger partial charge in [0, 0.05) is 25.5 Å². The van der Waals surface area contributed by atoms with Crippen molar-refractivity contribution >= 4 is 51.9 Å². The van der Waals surface area contributed by atoms with Gasteiger partial charge in [-0.05, 0) is 40.2 Å². The Morgan fingerprint density at radius 1 is 0.788 bits per heavy atom. The number of hydrogen-bond donors (Lipinski definition) is 4. The van der Waals surface area contributed by atoms with Crippen LogP contribution >= 0.6 is 12.2 Å². The zero-order valence-corrected chi connectivity index (χ0v) is 18.7. The Labute approximate surface area is 197 Å². The molecule has 0 aliphatic heterocycles. The molecular weight excluding hydrogens is 436 g/mol. The molecule has 0 aliphatic rings. The van der Waals surface area contributed by atoms with Gasteiger partial charge in [0.1, 0.15) is 0 Å². The van der Waals surface area contributed by atoms with Crippen molar-refractivity contribution in [3.8, 4) is 0 Å². The average molecular weight is 461 g/mol. The lowest BCUT2D eigenvalue weighted by Crippen LogP contribution is -2.48. The van der Waals surface area contributed by atoms with E-state index in [1.807, 2.05) is 72.8 Å². The number of rotatable bonds is 7. The number of benzene rings is 3. The third-order valence-corrected chi connectivity index (χ3v) is 4.91. The van der Waals surface area contributed by atoms with Crippen LogP contribution in [0.3, 0.4) is 0 Å². The van der Waals surface area contributed by atoms with Gasteiger partial charge in [0.25, 0.3) is 0 Å². The molecule has 3 amide bonds. The Hall–Kier alpha value is -4.04. The first-order valence-corrected chi connectivity index (χ1v) is 10.8. The molecule has 0 unspecified atom stereocenters. The first-order valence-electron chi connectivity index (χ1n) is 10.4. The lowest BCUT2D eigenvalue weighted by atomic mass is 10.0. The molecule has 33 heavy (non-hydrogen) atoms. The van der Waals surface area contributed by atoms with Crippen molar-refractivity contribution in [3.63, 3.8) is 0 Å². The minimum absolute atomic E-state index is 0.0227. The topological polar surface area (TPSA) is 99.3 Å². The first-order chi connectivity index (χ1) is 16.0. The first kappa shape index (κ1) is 23.6. The summed E-state index contributed by atoms with van der Waals surface area (Å²) >= 11 is 5.02. The maximum Gasteiger partial charge on any atom is 0.250 e. The van der Waals surface area contributed by atoms with Crippen LogP contribution in [0.1, 0.15) is 24.0 Å². The Kier molecular flexibility index (Phi) is 8.67. The summed E-state index contributed by atoms with van der Waals surface area (Å²) in [5, 5.41) is 7.27. The minimum Gasteiger partial charge on any atom is -0.352 e. The second kappa shape index (κ2) is 12.1. The number of thiocarbonyl (C=S) groups is 1. The highest BCUT2D eigenvalue weighted by Gasteiger charge is 2.08. The van der Waals surface area contributed by atoms with Gasteiger partial charge in [-0.15, -0.1) is 0 Å². The quantitative estimate of drug-likeness (QED) is 0.247. The molecule has 0 heterocycles. The number of nitrogens with one attached hydrogen (secondary N) is 4. The molecule has 3 aromatic carbocycles. The summed E-state index contributed by atoms with van der Waals surface area (Å²) in [7, 11) is 0. The van der Waals surface area contributed by atoms with Crippen LogP contribution in [0.4, 0.5) is 0 Å². The molecule has 0 saturated heterocycles. The fourth-order valence-corrected chi connectivity index (χ4v) is 3.20. The molecule has 0 spiro atoms. The highest BCUT2D eigenvalue weighted by molar-refractivity contribution is 7.80.